The lowest BCUT2D eigenvalue weighted by atomic mass is 9.90. The molecule has 0 saturated heterocycles. The average molecular weight is 264 g/mol. The van der Waals surface area contributed by atoms with Gasteiger partial charge >= 0.3 is 5.97 Å². The maximum Gasteiger partial charge on any atom is 0.303 e. The Hall–Kier alpha value is -1.51. The number of carbonyl (C=O) groups is 1. The van der Waals surface area contributed by atoms with Gasteiger partial charge in [0.25, 0.3) is 0 Å². The normalized spacial score (nSPS) is 12.5. The number of hydrogen-bond donors (Lipinski definition) is 1. The summed E-state index contributed by atoms with van der Waals surface area (Å²) in [4.78, 5) is 10.7. The maximum absolute atomic E-state index is 10.7. The summed E-state index contributed by atoms with van der Waals surface area (Å²) in [5.41, 5.74) is 3.57. The number of ether oxygens (including phenoxy) is 1. The van der Waals surface area contributed by atoms with Crippen LogP contribution in [0.4, 0.5) is 0 Å². The Morgan fingerprint density at radius 2 is 1.95 bits per heavy atom. The van der Waals surface area contributed by atoms with Gasteiger partial charge < -0.3 is 9.84 Å². The topological polar surface area (TPSA) is 46.5 Å². The fraction of sp³-hybridized carbons (Fsp3) is 0.562. The summed E-state index contributed by atoms with van der Waals surface area (Å²) in [6, 6.07) is 4.22. The highest BCUT2D eigenvalue weighted by molar-refractivity contribution is 5.67. The van der Waals surface area contributed by atoms with Crippen LogP contribution in [0.1, 0.15) is 49.8 Å². The van der Waals surface area contributed by atoms with E-state index in [0.29, 0.717) is 5.92 Å². The van der Waals surface area contributed by atoms with Crippen molar-refractivity contribution in [2.45, 2.75) is 46.5 Å². The number of benzene rings is 1. The van der Waals surface area contributed by atoms with Crippen molar-refractivity contribution in [3.05, 3.63) is 28.8 Å². The number of aryl methyl sites for hydroxylation is 1. The number of carboxylic acid groups (broad SMARTS) is 1. The zero-order valence-electron chi connectivity index (χ0n) is 12.5. The van der Waals surface area contributed by atoms with Crippen molar-refractivity contribution >= 4 is 5.97 Å². The molecule has 1 aromatic carbocycles. The number of rotatable bonds is 6. The lowest BCUT2D eigenvalue weighted by molar-refractivity contribution is -0.137. The van der Waals surface area contributed by atoms with Gasteiger partial charge in [0.2, 0.25) is 0 Å². The van der Waals surface area contributed by atoms with Gasteiger partial charge in [-0.25, -0.2) is 0 Å². The molecule has 3 nitrogen and oxygen atoms in total. The van der Waals surface area contributed by atoms with Gasteiger partial charge in [-0.3, -0.25) is 4.79 Å². The van der Waals surface area contributed by atoms with E-state index >= 15 is 0 Å². The summed E-state index contributed by atoms with van der Waals surface area (Å²) in [5.74, 6) is 0.721. The fourth-order valence-corrected chi connectivity index (χ4v) is 2.34. The molecule has 106 valence electrons. The first-order chi connectivity index (χ1) is 8.85. The highest BCUT2D eigenvalue weighted by Crippen LogP contribution is 2.30. The Labute approximate surface area is 115 Å². The highest BCUT2D eigenvalue weighted by atomic mass is 16.5. The Kier molecular flexibility index (Phi) is 5.40. The Morgan fingerprint density at radius 1 is 1.32 bits per heavy atom. The van der Waals surface area contributed by atoms with Crippen LogP contribution >= 0.6 is 0 Å². The molecule has 0 saturated carbocycles. The first kappa shape index (κ1) is 15.5. The van der Waals surface area contributed by atoms with Gasteiger partial charge in [0.1, 0.15) is 5.75 Å². The SMILES string of the molecule is COc1cc(C)c(CC(C)CC(=O)O)cc1C(C)C. The van der Waals surface area contributed by atoms with Crippen LogP contribution in [0.5, 0.6) is 5.75 Å². The number of carboxylic acids is 1. The number of methoxy groups -OCH3 is 1. The third-order valence-corrected chi connectivity index (χ3v) is 3.40. The minimum absolute atomic E-state index is 0.143. The predicted molar refractivity (Wildman–Crippen MR) is 76.9 cm³/mol. The van der Waals surface area contributed by atoms with E-state index in [1.54, 1.807) is 7.11 Å². The molecule has 0 radical (unpaired) electrons. The third-order valence-electron chi connectivity index (χ3n) is 3.40. The Balaban J connectivity index is 3.01. The molecule has 0 heterocycles. The van der Waals surface area contributed by atoms with Gasteiger partial charge in [0.05, 0.1) is 7.11 Å². The maximum atomic E-state index is 10.7. The van der Waals surface area contributed by atoms with Gasteiger partial charge in [-0.2, -0.15) is 0 Å². The zero-order valence-corrected chi connectivity index (χ0v) is 12.5. The second-order valence-corrected chi connectivity index (χ2v) is 5.58. The summed E-state index contributed by atoms with van der Waals surface area (Å²) in [6.07, 6.45) is 1.00. The van der Waals surface area contributed by atoms with Crippen molar-refractivity contribution in [3.8, 4) is 5.75 Å². The van der Waals surface area contributed by atoms with Crippen molar-refractivity contribution in [3.63, 3.8) is 0 Å². The molecule has 0 aromatic heterocycles. The summed E-state index contributed by atoms with van der Waals surface area (Å²) in [6.45, 7) is 8.30. The minimum Gasteiger partial charge on any atom is -0.496 e. The van der Waals surface area contributed by atoms with Crippen LogP contribution in [0.15, 0.2) is 12.1 Å². The van der Waals surface area contributed by atoms with Crippen LogP contribution in [0.2, 0.25) is 0 Å². The minimum atomic E-state index is -0.734. The first-order valence-electron chi connectivity index (χ1n) is 6.74. The first-order valence-corrected chi connectivity index (χ1v) is 6.74. The van der Waals surface area contributed by atoms with E-state index in [1.165, 1.54) is 16.7 Å². The van der Waals surface area contributed by atoms with Crippen molar-refractivity contribution in [1.82, 2.24) is 0 Å². The van der Waals surface area contributed by atoms with E-state index in [1.807, 2.05) is 6.92 Å². The van der Waals surface area contributed by atoms with E-state index in [9.17, 15) is 4.79 Å². The van der Waals surface area contributed by atoms with Crippen molar-refractivity contribution in [2.24, 2.45) is 5.92 Å². The van der Waals surface area contributed by atoms with Crippen molar-refractivity contribution < 1.29 is 14.6 Å². The molecule has 1 aromatic rings. The van der Waals surface area contributed by atoms with Crippen LogP contribution in [0.25, 0.3) is 0 Å². The van der Waals surface area contributed by atoms with Crippen LogP contribution < -0.4 is 4.74 Å². The predicted octanol–water partition coefficient (Wildman–Crippen LogP) is 3.78. The summed E-state index contributed by atoms with van der Waals surface area (Å²) >= 11 is 0. The van der Waals surface area contributed by atoms with Gasteiger partial charge in [0.15, 0.2) is 0 Å². The molecule has 0 amide bonds. The molecule has 0 bridgehead atoms. The molecule has 1 atom stereocenters. The molecule has 0 aliphatic carbocycles. The standard InChI is InChI=1S/C16H24O3/c1-10(2)14-9-13(6-11(3)7-16(17)18)12(4)8-15(14)19-5/h8-11H,6-7H2,1-5H3,(H,17,18). The molecule has 1 N–H and O–H groups in total. The van der Waals surface area contributed by atoms with Gasteiger partial charge in [-0.15, -0.1) is 0 Å². The van der Waals surface area contributed by atoms with Crippen LogP contribution in [0.3, 0.4) is 0 Å². The largest absolute Gasteiger partial charge is 0.496 e. The van der Waals surface area contributed by atoms with Crippen LogP contribution in [0, 0.1) is 12.8 Å². The molecular weight excluding hydrogens is 240 g/mol. The average Bonchev–Trinajstić information content (AvgIpc) is 2.29. The Bertz CT molecular complexity index is 450. The van der Waals surface area contributed by atoms with E-state index < -0.39 is 5.97 Å². The van der Waals surface area contributed by atoms with Gasteiger partial charge in [-0.05, 0) is 47.9 Å². The van der Waals surface area contributed by atoms with E-state index in [0.717, 1.165) is 12.2 Å². The molecule has 0 fully saturated rings. The summed E-state index contributed by atoms with van der Waals surface area (Å²) in [5, 5.41) is 8.84. The third kappa shape index (κ3) is 4.27. The molecule has 1 unspecified atom stereocenters. The van der Waals surface area contributed by atoms with E-state index in [-0.39, 0.29) is 12.3 Å². The molecule has 0 spiro atoms. The van der Waals surface area contributed by atoms with Gasteiger partial charge in [-0.1, -0.05) is 26.8 Å². The molecule has 19 heavy (non-hydrogen) atoms. The summed E-state index contributed by atoms with van der Waals surface area (Å²) < 4.78 is 5.42. The monoisotopic (exact) mass is 264 g/mol. The number of aliphatic carboxylic acids is 1. The molecule has 0 aliphatic heterocycles. The lowest BCUT2D eigenvalue weighted by Crippen LogP contribution is -2.09. The van der Waals surface area contributed by atoms with Crippen molar-refractivity contribution in [2.75, 3.05) is 7.11 Å². The Morgan fingerprint density at radius 3 is 2.42 bits per heavy atom. The quantitative estimate of drug-likeness (QED) is 0.850. The smallest absolute Gasteiger partial charge is 0.303 e. The van der Waals surface area contributed by atoms with Gasteiger partial charge in [0, 0.05) is 6.42 Å². The molecule has 3 heteroatoms. The van der Waals surface area contributed by atoms with Crippen LogP contribution in [-0.4, -0.2) is 18.2 Å². The fourth-order valence-electron chi connectivity index (χ4n) is 2.34. The second-order valence-electron chi connectivity index (χ2n) is 5.58. The van der Waals surface area contributed by atoms with E-state index in [4.69, 9.17) is 9.84 Å². The second kappa shape index (κ2) is 6.60. The molecule has 1 rings (SSSR count). The van der Waals surface area contributed by atoms with Crippen molar-refractivity contribution in [1.29, 1.82) is 0 Å². The summed E-state index contributed by atoms with van der Waals surface area (Å²) in [7, 11) is 1.69. The zero-order chi connectivity index (χ0) is 14.6. The van der Waals surface area contributed by atoms with Crippen LogP contribution in [-0.2, 0) is 11.2 Å². The van der Waals surface area contributed by atoms with E-state index in [2.05, 4.69) is 32.9 Å². The molecule has 0 aliphatic rings. The molecular formula is C16H24O3. The lowest BCUT2D eigenvalue weighted by Gasteiger charge is -2.18. The highest BCUT2D eigenvalue weighted by Gasteiger charge is 2.14. The number of hydrogen-bond acceptors (Lipinski definition) is 2.